The van der Waals surface area contributed by atoms with Crippen LogP contribution < -0.4 is 10.6 Å². The molecule has 1 fully saturated rings. The number of hydrogen-bond acceptors (Lipinski definition) is 4. The van der Waals surface area contributed by atoms with Gasteiger partial charge in [0.2, 0.25) is 0 Å². The molecular weight excluding hydrogens is 256 g/mol. The lowest BCUT2D eigenvalue weighted by atomic mass is 10.1. The van der Waals surface area contributed by atoms with Crippen LogP contribution in [-0.4, -0.2) is 43.5 Å². The number of ether oxygens (including phenoxy) is 2. The normalized spacial score (nSPS) is 24.4. The van der Waals surface area contributed by atoms with Crippen LogP contribution in [0.4, 0.5) is 4.79 Å². The molecule has 1 amide bonds. The quantitative estimate of drug-likeness (QED) is 0.787. The van der Waals surface area contributed by atoms with E-state index >= 15 is 0 Å². The van der Waals surface area contributed by atoms with E-state index in [-0.39, 0.29) is 12.1 Å². The number of alkyl carbamates (subject to hydrolysis) is 1. The zero-order valence-electron chi connectivity index (χ0n) is 13.5. The van der Waals surface area contributed by atoms with Crippen molar-refractivity contribution < 1.29 is 14.3 Å². The first kappa shape index (κ1) is 17.2. The molecule has 20 heavy (non-hydrogen) atoms. The number of methoxy groups -OCH3 is 1. The zero-order valence-corrected chi connectivity index (χ0v) is 13.5. The maximum atomic E-state index is 11.7. The third-order valence-corrected chi connectivity index (χ3v) is 3.49. The van der Waals surface area contributed by atoms with E-state index in [0.717, 1.165) is 32.3 Å². The summed E-state index contributed by atoms with van der Waals surface area (Å²) in [5, 5.41) is 6.56. The Bertz CT molecular complexity index is 302. The highest BCUT2D eigenvalue weighted by Crippen LogP contribution is 2.20. The van der Waals surface area contributed by atoms with Gasteiger partial charge in [0.05, 0.1) is 6.61 Å². The number of rotatable bonds is 6. The van der Waals surface area contributed by atoms with Gasteiger partial charge in [-0.1, -0.05) is 6.92 Å². The molecule has 1 rings (SSSR count). The van der Waals surface area contributed by atoms with E-state index in [1.165, 1.54) is 0 Å². The van der Waals surface area contributed by atoms with E-state index in [1.807, 2.05) is 20.8 Å². The Hall–Kier alpha value is -0.810. The number of hydrogen-bond donors (Lipinski definition) is 2. The SMILES string of the molecule is CCC(COC)NC1CCC(NC(=O)OC(C)(C)C)C1. The minimum absolute atomic E-state index is 0.211. The Labute approximate surface area is 122 Å². The van der Waals surface area contributed by atoms with Crippen molar-refractivity contribution in [2.45, 2.75) is 77.1 Å². The van der Waals surface area contributed by atoms with E-state index in [9.17, 15) is 4.79 Å². The molecule has 0 aliphatic heterocycles. The Kier molecular flexibility index (Phi) is 6.76. The smallest absolute Gasteiger partial charge is 0.407 e. The van der Waals surface area contributed by atoms with Crippen molar-refractivity contribution >= 4 is 6.09 Å². The highest BCUT2D eigenvalue weighted by molar-refractivity contribution is 5.68. The van der Waals surface area contributed by atoms with Crippen molar-refractivity contribution in [2.75, 3.05) is 13.7 Å². The first-order valence-corrected chi connectivity index (χ1v) is 7.58. The Morgan fingerprint density at radius 1 is 1.30 bits per heavy atom. The second kappa shape index (κ2) is 7.84. The van der Waals surface area contributed by atoms with E-state index in [2.05, 4.69) is 17.6 Å². The molecule has 3 atom stereocenters. The van der Waals surface area contributed by atoms with Crippen LogP contribution in [0, 0.1) is 0 Å². The van der Waals surface area contributed by atoms with Crippen LogP contribution in [0.25, 0.3) is 0 Å². The number of amides is 1. The van der Waals surface area contributed by atoms with E-state index in [1.54, 1.807) is 7.11 Å². The van der Waals surface area contributed by atoms with Crippen LogP contribution >= 0.6 is 0 Å². The minimum atomic E-state index is -0.438. The van der Waals surface area contributed by atoms with Crippen LogP contribution in [-0.2, 0) is 9.47 Å². The van der Waals surface area contributed by atoms with Gasteiger partial charge in [-0.25, -0.2) is 4.79 Å². The molecule has 5 nitrogen and oxygen atoms in total. The summed E-state index contributed by atoms with van der Waals surface area (Å²) in [6.45, 7) is 8.52. The lowest BCUT2D eigenvalue weighted by molar-refractivity contribution is 0.0505. The predicted molar refractivity (Wildman–Crippen MR) is 79.9 cm³/mol. The molecule has 118 valence electrons. The molecule has 0 radical (unpaired) electrons. The molecule has 3 unspecified atom stereocenters. The van der Waals surface area contributed by atoms with Gasteiger partial charge in [-0.15, -0.1) is 0 Å². The standard InChI is InChI=1S/C15H30N2O3/c1-6-11(10-19-5)16-12-7-8-13(9-12)17-14(18)20-15(2,3)4/h11-13,16H,6-10H2,1-5H3,(H,17,18). The second-order valence-corrected chi connectivity index (χ2v) is 6.58. The lowest BCUT2D eigenvalue weighted by Crippen LogP contribution is -2.42. The monoisotopic (exact) mass is 286 g/mol. The van der Waals surface area contributed by atoms with E-state index in [0.29, 0.717) is 12.1 Å². The summed E-state index contributed by atoms with van der Waals surface area (Å²) in [5.41, 5.74) is -0.438. The Morgan fingerprint density at radius 3 is 2.50 bits per heavy atom. The van der Waals surface area contributed by atoms with Gasteiger partial charge in [-0.3, -0.25) is 0 Å². The molecule has 0 heterocycles. The summed E-state index contributed by atoms with van der Waals surface area (Å²) in [6.07, 6.45) is 3.78. The first-order valence-electron chi connectivity index (χ1n) is 7.58. The topological polar surface area (TPSA) is 59.6 Å². The molecule has 0 spiro atoms. The van der Waals surface area contributed by atoms with Crippen LogP contribution in [0.3, 0.4) is 0 Å². The molecule has 1 aliphatic carbocycles. The van der Waals surface area contributed by atoms with Crippen molar-refractivity contribution in [2.24, 2.45) is 0 Å². The van der Waals surface area contributed by atoms with Crippen molar-refractivity contribution in [3.8, 4) is 0 Å². The molecule has 1 saturated carbocycles. The van der Waals surface area contributed by atoms with Gasteiger partial charge in [0.1, 0.15) is 5.60 Å². The highest BCUT2D eigenvalue weighted by atomic mass is 16.6. The minimum Gasteiger partial charge on any atom is -0.444 e. The summed E-state index contributed by atoms with van der Waals surface area (Å²) in [7, 11) is 1.73. The number of carbonyl (C=O) groups is 1. The average Bonchev–Trinajstić information content (AvgIpc) is 2.73. The van der Waals surface area contributed by atoms with Crippen molar-refractivity contribution in [1.29, 1.82) is 0 Å². The fourth-order valence-corrected chi connectivity index (χ4v) is 2.56. The van der Waals surface area contributed by atoms with Crippen LogP contribution in [0.2, 0.25) is 0 Å². The molecule has 2 N–H and O–H groups in total. The largest absolute Gasteiger partial charge is 0.444 e. The summed E-state index contributed by atoms with van der Waals surface area (Å²) < 4.78 is 10.5. The summed E-state index contributed by atoms with van der Waals surface area (Å²) >= 11 is 0. The van der Waals surface area contributed by atoms with Gasteiger partial charge in [-0.05, 0) is 46.5 Å². The van der Waals surface area contributed by atoms with Gasteiger partial charge >= 0.3 is 6.09 Å². The molecule has 0 aromatic heterocycles. The van der Waals surface area contributed by atoms with Crippen molar-refractivity contribution in [3.05, 3.63) is 0 Å². The molecule has 1 aliphatic rings. The Morgan fingerprint density at radius 2 is 1.95 bits per heavy atom. The second-order valence-electron chi connectivity index (χ2n) is 6.58. The molecule has 5 heteroatoms. The fraction of sp³-hybridized carbons (Fsp3) is 0.933. The third-order valence-electron chi connectivity index (χ3n) is 3.49. The molecule has 0 aromatic rings. The average molecular weight is 286 g/mol. The van der Waals surface area contributed by atoms with Crippen LogP contribution in [0.1, 0.15) is 53.4 Å². The van der Waals surface area contributed by atoms with Gasteiger partial charge in [0, 0.05) is 25.2 Å². The molecule has 0 saturated heterocycles. The molecular formula is C15H30N2O3. The van der Waals surface area contributed by atoms with Crippen LogP contribution in [0.15, 0.2) is 0 Å². The first-order chi connectivity index (χ1) is 9.34. The van der Waals surface area contributed by atoms with Gasteiger partial charge in [-0.2, -0.15) is 0 Å². The lowest BCUT2D eigenvalue weighted by Gasteiger charge is -2.23. The third kappa shape index (κ3) is 6.57. The van der Waals surface area contributed by atoms with Crippen LogP contribution in [0.5, 0.6) is 0 Å². The number of nitrogens with one attached hydrogen (secondary N) is 2. The van der Waals surface area contributed by atoms with Crippen molar-refractivity contribution in [3.63, 3.8) is 0 Å². The zero-order chi connectivity index (χ0) is 15.2. The predicted octanol–water partition coefficient (Wildman–Crippen LogP) is 2.45. The maximum Gasteiger partial charge on any atom is 0.407 e. The summed E-state index contributed by atoms with van der Waals surface area (Å²) in [6, 6.07) is 1.06. The van der Waals surface area contributed by atoms with Crippen molar-refractivity contribution in [1.82, 2.24) is 10.6 Å². The highest BCUT2D eigenvalue weighted by Gasteiger charge is 2.28. The summed E-state index contributed by atoms with van der Waals surface area (Å²) in [4.78, 5) is 11.7. The number of carbonyl (C=O) groups excluding carboxylic acids is 1. The maximum absolute atomic E-state index is 11.7. The molecule has 0 bridgehead atoms. The molecule has 0 aromatic carbocycles. The van der Waals surface area contributed by atoms with E-state index in [4.69, 9.17) is 9.47 Å². The van der Waals surface area contributed by atoms with Gasteiger partial charge < -0.3 is 20.1 Å². The van der Waals surface area contributed by atoms with Gasteiger partial charge in [0.15, 0.2) is 0 Å². The van der Waals surface area contributed by atoms with Gasteiger partial charge in [0.25, 0.3) is 0 Å². The Balaban J connectivity index is 2.31. The fourth-order valence-electron chi connectivity index (χ4n) is 2.56. The summed E-state index contributed by atoms with van der Waals surface area (Å²) in [5.74, 6) is 0. The van der Waals surface area contributed by atoms with E-state index < -0.39 is 5.60 Å².